The lowest BCUT2D eigenvalue weighted by atomic mass is 9.85. The van der Waals surface area contributed by atoms with E-state index < -0.39 is 0 Å². The van der Waals surface area contributed by atoms with E-state index in [4.69, 9.17) is 11.6 Å². The van der Waals surface area contributed by atoms with Crippen LogP contribution in [0.4, 0.5) is 5.82 Å². The molecule has 1 saturated heterocycles. The van der Waals surface area contributed by atoms with Crippen LogP contribution in [-0.2, 0) is 0 Å². The smallest absolute Gasteiger partial charge is 0.225 e. The molecule has 2 fully saturated rings. The summed E-state index contributed by atoms with van der Waals surface area (Å²) in [5.74, 6) is 1.92. The summed E-state index contributed by atoms with van der Waals surface area (Å²) >= 11 is 7.73. The highest BCUT2D eigenvalue weighted by atomic mass is 35.5. The Morgan fingerprint density at radius 1 is 1.21 bits per heavy atom. The minimum absolute atomic E-state index is 0.379. The van der Waals surface area contributed by atoms with E-state index in [0.717, 1.165) is 23.1 Å². The van der Waals surface area contributed by atoms with Crippen LogP contribution in [0.3, 0.4) is 0 Å². The molecule has 2 atom stereocenters. The predicted octanol–water partition coefficient (Wildman–Crippen LogP) is 4.11. The van der Waals surface area contributed by atoms with Gasteiger partial charge in [-0.3, -0.25) is 0 Å². The Labute approximate surface area is 121 Å². The van der Waals surface area contributed by atoms with Crippen LogP contribution in [0.1, 0.15) is 32.1 Å². The number of hydrogen-bond donors (Lipinski definition) is 0. The molecule has 1 aliphatic carbocycles. The van der Waals surface area contributed by atoms with Crippen LogP contribution in [0, 0.1) is 5.92 Å². The third-order valence-corrected chi connectivity index (χ3v) is 5.54. The zero-order chi connectivity index (χ0) is 12.8. The van der Waals surface area contributed by atoms with Gasteiger partial charge in [-0.2, -0.15) is 4.98 Å². The van der Waals surface area contributed by atoms with E-state index in [2.05, 4.69) is 26.3 Å². The molecule has 5 heteroatoms. The van der Waals surface area contributed by atoms with E-state index >= 15 is 0 Å². The van der Waals surface area contributed by atoms with Gasteiger partial charge in [0.15, 0.2) is 0 Å². The van der Waals surface area contributed by atoms with Crippen molar-refractivity contribution in [2.75, 3.05) is 11.4 Å². The predicted molar refractivity (Wildman–Crippen MR) is 80.1 cm³/mol. The van der Waals surface area contributed by atoms with Gasteiger partial charge >= 0.3 is 0 Å². The van der Waals surface area contributed by atoms with Crippen molar-refractivity contribution in [1.29, 1.82) is 0 Å². The zero-order valence-corrected chi connectivity index (χ0v) is 12.3. The maximum absolute atomic E-state index is 6.09. The van der Waals surface area contributed by atoms with E-state index in [1.165, 1.54) is 37.5 Å². The van der Waals surface area contributed by atoms with Crippen LogP contribution in [0.25, 0.3) is 10.2 Å². The number of anilines is 1. The molecule has 100 valence electrons. The third-order valence-electron chi connectivity index (χ3n) is 4.56. The summed E-state index contributed by atoms with van der Waals surface area (Å²) < 4.78 is 0. The van der Waals surface area contributed by atoms with Crippen LogP contribution in [0.2, 0.25) is 5.28 Å². The average Bonchev–Trinajstić information content (AvgIpc) is 3.03. The van der Waals surface area contributed by atoms with E-state index in [-0.39, 0.29) is 0 Å². The van der Waals surface area contributed by atoms with Crippen molar-refractivity contribution < 1.29 is 0 Å². The van der Waals surface area contributed by atoms with Crippen molar-refractivity contribution in [2.45, 2.75) is 38.1 Å². The monoisotopic (exact) mass is 293 g/mol. The number of rotatable bonds is 1. The lowest BCUT2D eigenvalue weighted by Crippen LogP contribution is -2.35. The van der Waals surface area contributed by atoms with Crippen LogP contribution >= 0.6 is 22.9 Å². The van der Waals surface area contributed by atoms with E-state index in [1.54, 1.807) is 11.3 Å². The van der Waals surface area contributed by atoms with Gasteiger partial charge < -0.3 is 4.90 Å². The molecule has 0 N–H and O–H groups in total. The van der Waals surface area contributed by atoms with E-state index in [0.29, 0.717) is 11.3 Å². The Hall–Kier alpha value is -0.870. The Morgan fingerprint density at radius 3 is 3.05 bits per heavy atom. The van der Waals surface area contributed by atoms with Crippen molar-refractivity contribution >= 4 is 39.0 Å². The normalized spacial score (nSPS) is 26.9. The average molecular weight is 294 g/mol. The molecule has 2 aromatic rings. The Kier molecular flexibility index (Phi) is 2.88. The number of fused-ring (bicyclic) bond motifs is 2. The molecule has 3 heterocycles. The summed E-state index contributed by atoms with van der Waals surface area (Å²) in [4.78, 5) is 12.4. The highest BCUT2D eigenvalue weighted by Gasteiger charge is 2.37. The number of halogens is 1. The van der Waals surface area contributed by atoms with Gasteiger partial charge in [0.25, 0.3) is 0 Å². The lowest BCUT2D eigenvalue weighted by molar-refractivity contribution is 0.341. The molecule has 3 nitrogen and oxygen atoms in total. The van der Waals surface area contributed by atoms with Gasteiger partial charge in [-0.25, -0.2) is 4.98 Å². The quantitative estimate of drug-likeness (QED) is 0.741. The standard InChI is InChI=1S/C14H16ClN3S/c15-14-16-12(10-6-8-19-13(10)17-14)18-7-5-9-3-1-2-4-11(9)18/h6,8-9,11H,1-5,7H2. The molecule has 0 spiro atoms. The van der Waals surface area contributed by atoms with Gasteiger partial charge in [0.2, 0.25) is 5.28 Å². The van der Waals surface area contributed by atoms with Crippen molar-refractivity contribution in [3.8, 4) is 0 Å². The van der Waals surface area contributed by atoms with Gasteiger partial charge in [-0.05, 0) is 48.2 Å². The van der Waals surface area contributed by atoms with Crippen LogP contribution in [0.15, 0.2) is 11.4 Å². The van der Waals surface area contributed by atoms with Crippen molar-refractivity contribution in [3.05, 3.63) is 16.7 Å². The van der Waals surface area contributed by atoms with Gasteiger partial charge in [0.05, 0.1) is 5.39 Å². The zero-order valence-electron chi connectivity index (χ0n) is 10.7. The maximum atomic E-state index is 6.09. The molecule has 19 heavy (non-hydrogen) atoms. The molecular weight excluding hydrogens is 278 g/mol. The van der Waals surface area contributed by atoms with Crippen molar-refractivity contribution in [2.24, 2.45) is 5.92 Å². The first-order valence-electron chi connectivity index (χ1n) is 7.00. The third kappa shape index (κ3) is 1.93. The number of aromatic nitrogens is 2. The van der Waals surface area contributed by atoms with Crippen LogP contribution in [0.5, 0.6) is 0 Å². The van der Waals surface area contributed by atoms with Gasteiger partial charge in [-0.1, -0.05) is 12.8 Å². The number of hydrogen-bond acceptors (Lipinski definition) is 4. The maximum Gasteiger partial charge on any atom is 0.225 e. The highest BCUT2D eigenvalue weighted by Crippen LogP contribution is 2.40. The number of thiophene rings is 1. The molecule has 0 aromatic carbocycles. The molecule has 2 aromatic heterocycles. The van der Waals surface area contributed by atoms with Crippen molar-refractivity contribution in [3.63, 3.8) is 0 Å². The van der Waals surface area contributed by atoms with Gasteiger partial charge in [0, 0.05) is 12.6 Å². The Balaban J connectivity index is 1.79. The second kappa shape index (κ2) is 4.60. The largest absolute Gasteiger partial charge is 0.353 e. The first-order valence-corrected chi connectivity index (χ1v) is 8.26. The van der Waals surface area contributed by atoms with E-state index in [1.807, 2.05) is 0 Å². The van der Waals surface area contributed by atoms with Crippen LogP contribution < -0.4 is 4.90 Å². The molecule has 1 aliphatic heterocycles. The minimum atomic E-state index is 0.379. The van der Waals surface area contributed by atoms with Crippen molar-refractivity contribution in [1.82, 2.24) is 9.97 Å². The topological polar surface area (TPSA) is 29.0 Å². The molecular formula is C14H16ClN3S. The molecule has 1 saturated carbocycles. The van der Waals surface area contributed by atoms with Crippen LogP contribution in [-0.4, -0.2) is 22.6 Å². The van der Waals surface area contributed by atoms with Gasteiger partial charge in [0.1, 0.15) is 10.6 Å². The lowest BCUT2D eigenvalue weighted by Gasteiger charge is -2.32. The molecule has 0 amide bonds. The minimum Gasteiger partial charge on any atom is -0.353 e. The summed E-state index contributed by atoms with van der Waals surface area (Å²) in [5.41, 5.74) is 0. The summed E-state index contributed by atoms with van der Waals surface area (Å²) in [6.45, 7) is 1.12. The van der Waals surface area contributed by atoms with E-state index in [9.17, 15) is 0 Å². The first-order chi connectivity index (χ1) is 9.33. The molecule has 0 bridgehead atoms. The second-order valence-electron chi connectivity index (χ2n) is 5.55. The summed E-state index contributed by atoms with van der Waals surface area (Å²) in [6, 6.07) is 2.80. The summed E-state index contributed by atoms with van der Waals surface area (Å²) in [6.07, 6.45) is 6.74. The second-order valence-corrected chi connectivity index (χ2v) is 6.78. The van der Waals surface area contributed by atoms with Gasteiger partial charge in [-0.15, -0.1) is 11.3 Å². The summed E-state index contributed by atoms with van der Waals surface area (Å²) in [7, 11) is 0. The highest BCUT2D eigenvalue weighted by molar-refractivity contribution is 7.16. The fourth-order valence-electron chi connectivity index (χ4n) is 3.70. The SMILES string of the molecule is Clc1nc(N2CCC3CCCCC32)c2ccsc2n1. The first kappa shape index (κ1) is 11.9. The fourth-order valence-corrected chi connectivity index (χ4v) is 4.68. The molecule has 0 radical (unpaired) electrons. The molecule has 2 unspecified atom stereocenters. The summed E-state index contributed by atoms with van der Waals surface area (Å²) in [5, 5.41) is 3.62. The fraction of sp³-hybridized carbons (Fsp3) is 0.571. The Morgan fingerprint density at radius 2 is 2.11 bits per heavy atom. The molecule has 2 aliphatic rings. The molecule has 4 rings (SSSR count). The number of nitrogens with zero attached hydrogens (tertiary/aromatic N) is 3. The Bertz CT molecular complexity index is 612.